The monoisotopic (exact) mass is 187 g/mol. The topological polar surface area (TPSA) is 37.8 Å². The predicted octanol–water partition coefficient (Wildman–Crippen LogP) is 1.85. The van der Waals surface area contributed by atoms with Crippen LogP contribution in [0.1, 0.15) is 12.1 Å². The van der Waals surface area contributed by atoms with E-state index in [1.807, 2.05) is 6.92 Å². The summed E-state index contributed by atoms with van der Waals surface area (Å²) in [5.74, 6) is 0.534. The average Bonchev–Trinajstić information content (AvgIpc) is 2.08. The molecule has 1 aromatic rings. The molecule has 5 heteroatoms. The molecule has 1 rings (SSSR count). The van der Waals surface area contributed by atoms with Gasteiger partial charge in [-0.3, -0.25) is 0 Å². The van der Waals surface area contributed by atoms with E-state index < -0.39 is 6.43 Å². The second-order valence-electron chi connectivity index (χ2n) is 2.67. The highest BCUT2D eigenvalue weighted by molar-refractivity contribution is 5.32. The minimum Gasteiger partial charge on any atom is -0.368 e. The second kappa shape index (κ2) is 4.69. The molecular weight excluding hydrogens is 176 g/mol. The molecule has 0 unspecified atom stereocenters. The molecule has 0 aromatic carbocycles. The van der Waals surface area contributed by atoms with Crippen LogP contribution in [0.3, 0.4) is 0 Å². The van der Waals surface area contributed by atoms with Crippen molar-refractivity contribution >= 4 is 5.82 Å². The molecule has 1 N–H and O–H groups in total. The van der Waals surface area contributed by atoms with Crippen LogP contribution in [-0.2, 0) is 0 Å². The summed E-state index contributed by atoms with van der Waals surface area (Å²) in [4.78, 5) is 0. The molecule has 0 aliphatic carbocycles. The summed E-state index contributed by atoms with van der Waals surface area (Å²) in [6.07, 6.45) is -2.44. The summed E-state index contributed by atoms with van der Waals surface area (Å²) in [6.45, 7) is 2.03. The van der Waals surface area contributed by atoms with Gasteiger partial charge in [-0.05, 0) is 19.1 Å². The summed E-state index contributed by atoms with van der Waals surface area (Å²) in [7, 11) is 0. The maximum absolute atomic E-state index is 11.7. The number of aryl methyl sites for hydroxylation is 1. The van der Waals surface area contributed by atoms with Crippen molar-refractivity contribution in [3.63, 3.8) is 0 Å². The Balaban J connectivity index is 2.33. The van der Waals surface area contributed by atoms with Crippen molar-refractivity contribution < 1.29 is 8.78 Å². The molecule has 72 valence electrons. The highest BCUT2D eigenvalue weighted by Crippen LogP contribution is 2.03. The van der Waals surface area contributed by atoms with Gasteiger partial charge in [-0.1, -0.05) is 0 Å². The number of hydrogen-bond donors (Lipinski definition) is 1. The fourth-order valence-corrected chi connectivity index (χ4v) is 0.803. The van der Waals surface area contributed by atoms with E-state index in [2.05, 4.69) is 15.5 Å². The molecule has 0 bridgehead atoms. The summed E-state index contributed by atoms with van der Waals surface area (Å²) in [6, 6.07) is 3.49. The molecule has 0 aliphatic rings. The fourth-order valence-electron chi connectivity index (χ4n) is 0.803. The van der Waals surface area contributed by atoms with E-state index in [-0.39, 0.29) is 13.0 Å². The molecule has 0 atom stereocenters. The standard InChI is InChI=1S/C8H11F2N3/c1-6-2-3-8(13-12-6)11-5-4-7(9)10/h2-3,7H,4-5H2,1H3,(H,11,13). The lowest BCUT2D eigenvalue weighted by atomic mass is 10.4. The van der Waals surface area contributed by atoms with Crippen molar-refractivity contribution in [2.75, 3.05) is 11.9 Å². The van der Waals surface area contributed by atoms with Gasteiger partial charge < -0.3 is 5.32 Å². The number of anilines is 1. The van der Waals surface area contributed by atoms with Crippen LogP contribution in [-0.4, -0.2) is 23.2 Å². The number of hydrogen-bond acceptors (Lipinski definition) is 3. The molecule has 0 fully saturated rings. The highest BCUT2D eigenvalue weighted by Gasteiger charge is 2.01. The number of aromatic nitrogens is 2. The first-order valence-corrected chi connectivity index (χ1v) is 4.01. The molecular formula is C8H11F2N3. The first-order valence-electron chi connectivity index (χ1n) is 4.01. The summed E-state index contributed by atoms with van der Waals surface area (Å²) < 4.78 is 23.5. The van der Waals surface area contributed by atoms with Gasteiger partial charge in [0.1, 0.15) is 5.82 Å². The van der Waals surface area contributed by atoms with Gasteiger partial charge in [0.15, 0.2) is 0 Å². The smallest absolute Gasteiger partial charge is 0.240 e. The minimum absolute atomic E-state index is 0.171. The number of halogens is 2. The van der Waals surface area contributed by atoms with Gasteiger partial charge in [0.2, 0.25) is 6.43 Å². The second-order valence-corrected chi connectivity index (χ2v) is 2.67. The van der Waals surface area contributed by atoms with Gasteiger partial charge in [0.25, 0.3) is 0 Å². The van der Waals surface area contributed by atoms with E-state index in [0.29, 0.717) is 5.82 Å². The van der Waals surface area contributed by atoms with Crippen LogP contribution in [0.4, 0.5) is 14.6 Å². The Morgan fingerprint density at radius 3 is 2.69 bits per heavy atom. The van der Waals surface area contributed by atoms with Crippen molar-refractivity contribution in [2.24, 2.45) is 0 Å². The summed E-state index contributed by atoms with van der Waals surface area (Å²) >= 11 is 0. The Morgan fingerprint density at radius 2 is 2.15 bits per heavy atom. The van der Waals surface area contributed by atoms with Gasteiger partial charge in [-0.25, -0.2) is 8.78 Å². The zero-order valence-electron chi connectivity index (χ0n) is 7.30. The van der Waals surface area contributed by atoms with Crippen LogP contribution in [0.15, 0.2) is 12.1 Å². The largest absolute Gasteiger partial charge is 0.368 e. The molecule has 0 radical (unpaired) electrons. The molecule has 0 amide bonds. The quantitative estimate of drug-likeness (QED) is 0.781. The lowest BCUT2D eigenvalue weighted by molar-refractivity contribution is 0.142. The first kappa shape index (κ1) is 9.83. The fraction of sp³-hybridized carbons (Fsp3) is 0.500. The maximum atomic E-state index is 11.7. The number of nitrogens with one attached hydrogen (secondary N) is 1. The van der Waals surface area contributed by atoms with E-state index in [1.54, 1.807) is 12.1 Å². The number of nitrogens with zero attached hydrogens (tertiary/aromatic N) is 2. The molecule has 13 heavy (non-hydrogen) atoms. The van der Waals surface area contributed by atoms with Gasteiger partial charge >= 0.3 is 0 Å². The highest BCUT2D eigenvalue weighted by atomic mass is 19.3. The van der Waals surface area contributed by atoms with Crippen molar-refractivity contribution in [1.82, 2.24) is 10.2 Å². The van der Waals surface area contributed by atoms with Crippen LogP contribution < -0.4 is 5.32 Å². The van der Waals surface area contributed by atoms with Crippen molar-refractivity contribution in [3.8, 4) is 0 Å². The summed E-state index contributed by atoms with van der Waals surface area (Å²) in [5.41, 5.74) is 0.805. The lowest BCUT2D eigenvalue weighted by Gasteiger charge is -2.03. The molecule has 0 saturated carbocycles. The Morgan fingerprint density at radius 1 is 1.38 bits per heavy atom. The third kappa shape index (κ3) is 3.78. The van der Waals surface area contributed by atoms with Crippen LogP contribution in [0.2, 0.25) is 0 Å². The van der Waals surface area contributed by atoms with E-state index in [0.717, 1.165) is 5.69 Å². The predicted molar refractivity (Wildman–Crippen MR) is 45.9 cm³/mol. The van der Waals surface area contributed by atoms with Gasteiger partial charge in [0.05, 0.1) is 5.69 Å². The lowest BCUT2D eigenvalue weighted by Crippen LogP contribution is -2.07. The molecule has 0 spiro atoms. The molecule has 0 aliphatic heterocycles. The summed E-state index contributed by atoms with van der Waals surface area (Å²) in [5, 5.41) is 10.3. The van der Waals surface area contributed by atoms with Crippen molar-refractivity contribution in [3.05, 3.63) is 17.8 Å². The Labute approximate surface area is 75.2 Å². The molecule has 0 saturated heterocycles. The van der Waals surface area contributed by atoms with Crippen molar-refractivity contribution in [2.45, 2.75) is 19.8 Å². The van der Waals surface area contributed by atoms with E-state index in [1.165, 1.54) is 0 Å². The van der Waals surface area contributed by atoms with Gasteiger partial charge in [-0.2, -0.15) is 5.10 Å². The normalized spacial score (nSPS) is 10.5. The molecule has 3 nitrogen and oxygen atoms in total. The van der Waals surface area contributed by atoms with Crippen LogP contribution in [0.5, 0.6) is 0 Å². The number of alkyl halides is 2. The van der Waals surface area contributed by atoms with E-state index >= 15 is 0 Å². The molecule has 1 heterocycles. The first-order chi connectivity index (χ1) is 6.18. The third-order valence-electron chi connectivity index (χ3n) is 1.47. The van der Waals surface area contributed by atoms with Gasteiger partial charge in [0, 0.05) is 13.0 Å². The minimum atomic E-state index is -2.27. The zero-order valence-corrected chi connectivity index (χ0v) is 7.30. The van der Waals surface area contributed by atoms with Crippen LogP contribution in [0.25, 0.3) is 0 Å². The van der Waals surface area contributed by atoms with Crippen molar-refractivity contribution in [1.29, 1.82) is 0 Å². The van der Waals surface area contributed by atoms with E-state index in [9.17, 15) is 8.78 Å². The maximum Gasteiger partial charge on any atom is 0.240 e. The zero-order chi connectivity index (χ0) is 9.68. The Kier molecular flexibility index (Phi) is 3.54. The van der Waals surface area contributed by atoms with E-state index in [4.69, 9.17) is 0 Å². The average molecular weight is 187 g/mol. The number of rotatable bonds is 4. The third-order valence-corrected chi connectivity index (χ3v) is 1.47. The SMILES string of the molecule is Cc1ccc(NCCC(F)F)nn1. The van der Waals surface area contributed by atoms with Crippen LogP contribution >= 0.6 is 0 Å². The van der Waals surface area contributed by atoms with Crippen LogP contribution in [0, 0.1) is 6.92 Å². The molecule has 1 aromatic heterocycles. The van der Waals surface area contributed by atoms with Gasteiger partial charge in [-0.15, -0.1) is 5.10 Å². The Bertz CT molecular complexity index is 248. The Hall–Kier alpha value is -1.26.